The van der Waals surface area contributed by atoms with Crippen molar-refractivity contribution >= 4 is 11.0 Å². The average molecular weight is 277 g/mol. The summed E-state index contributed by atoms with van der Waals surface area (Å²) in [5.74, 6) is 0. The summed E-state index contributed by atoms with van der Waals surface area (Å²) in [5, 5.41) is 1.18. The van der Waals surface area contributed by atoms with Gasteiger partial charge in [0, 0.05) is 37.5 Å². The van der Waals surface area contributed by atoms with Crippen molar-refractivity contribution in [3.63, 3.8) is 0 Å². The van der Waals surface area contributed by atoms with Crippen LogP contribution in [0, 0.1) is 0 Å². The maximum Gasteiger partial charge on any atom is 0.140 e. The molecule has 0 bridgehead atoms. The van der Waals surface area contributed by atoms with Crippen LogP contribution in [-0.4, -0.2) is 42.5 Å². The fraction of sp³-hybridized carbons (Fsp3) is 0.533. The normalized spacial score (nSPS) is 12.9. The molecular weight excluding hydrogens is 254 g/mol. The van der Waals surface area contributed by atoms with E-state index in [4.69, 9.17) is 15.2 Å². The third kappa shape index (κ3) is 3.79. The minimum absolute atomic E-state index is 0.146. The summed E-state index contributed by atoms with van der Waals surface area (Å²) >= 11 is 0. The molecule has 1 atom stereocenters. The van der Waals surface area contributed by atoms with Gasteiger partial charge in [-0.1, -0.05) is 0 Å². The molecule has 0 aliphatic rings. The number of methoxy groups -OCH3 is 1. The maximum atomic E-state index is 5.91. The van der Waals surface area contributed by atoms with Crippen molar-refractivity contribution < 1.29 is 9.47 Å². The molecule has 0 spiro atoms. The molecule has 0 saturated carbocycles. The highest BCUT2D eigenvalue weighted by Gasteiger charge is 2.10. The Balaban J connectivity index is 2.08. The molecule has 0 radical (unpaired) electrons. The second-order valence-corrected chi connectivity index (χ2v) is 5.01. The van der Waals surface area contributed by atoms with Crippen LogP contribution >= 0.6 is 0 Å². The Labute approximate surface area is 119 Å². The zero-order valence-electron chi connectivity index (χ0n) is 12.2. The summed E-state index contributed by atoms with van der Waals surface area (Å²) < 4.78 is 12.6. The van der Waals surface area contributed by atoms with Crippen LogP contribution in [0.15, 0.2) is 24.5 Å². The Kier molecular flexibility index (Phi) is 5.52. The van der Waals surface area contributed by atoms with Crippen molar-refractivity contribution in [3.05, 3.63) is 30.1 Å². The Morgan fingerprint density at radius 3 is 2.95 bits per heavy atom. The Bertz CT molecular complexity index is 537. The first-order valence-electron chi connectivity index (χ1n) is 6.97. The lowest BCUT2D eigenvalue weighted by atomic mass is 10.1. The van der Waals surface area contributed by atoms with Gasteiger partial charge in [0.2, 0.25) is 0 Å². The number of hydrogen-bond acceptors (Lipinski definition) is 4. The third-order valence-corrected chi connectivity index (χ3v) is 3.17. The van der Waals surface area contributed by atoms with E-state index in [1.165, 1.54) is 10.9 Å². The molecule has 110 valence electrons. The largest absolute Gasteiger partial charge is 0.382 e. The maximum absolute atomic E-state index is 5.91. The van der Waals surface area contributed by atoms with Crippen molar-refractivity contribution in [1.82, 2.24) is 9.55 Å². The molecule has 0 aliphatic heterocycles. The molecular formula is C15H23N3O2. The molecule has 2 N–H and O–H groups in total. The number of ether oxygens (including phenoxy) is 2. The summed E-state index contributed by atoms with van der Waals surface area (Å²) in [6.45, 7) is 4.71. The van der Waals surface area contributed by atoms with Gasteiger partial charge in [0.1, 0.15) is 5.65 Å². The molecule has 1 unspecified atom stereocenters. The number of nitrogens with zero attached hydrogens (tertiary/aromatic N) is 2. The molecule has 2 aromatic heterocycles. The van der Waals surface area contributed by atoms with E-state index in [2.05, 4.69) is 21.8 Å². The summed E-state index contributed by atoms with van der Waals surface area (Å²) in [5.41, 5.74) is 8.16. The number of hydrogen-bond donors (Lipinski definition) is 1. The molecule has 0 saturated heterocycles. The highest BCUT2D eigenvalue weighted by atomic mass is 16.5. The molecule has 20 heavy (non-hydrogen) atoms. The van der Waals surface area contributed by atoms with E-state index in [1.807, 2.05) is 19.2 Å². The van der Waals surface area contributed by atoms with Crippen LogP contribution in [0.1, 0.15) is 12.5 Å². The van der Waals surface area contributed by atoms with Crippen LogP contribution in [-0.2, 0) is 22.4 Å². The van der Waals surface area contributed by atoms with Crippen LogP contribution in [0.2, 0.25) is 0 Å². The summed E-state index contributed by atoms with van der Waals surface area (Å²) in [7, 11) is 1.67. The first kappa shape index (κ1) is 15.0. The standard InChI is InChI=1S/C15H23N3O2/c1-12(16)10-13-11-18(6-7-20-9-8-19-2)15-14(13)4-3-5-17-15/h3-5,11-12H,6-10,16H2,1-2H3. The van der Waals surface area contributed by atoms with E-state index in [9.17, 15) is 0 Å². The molecule has 2 heterocycles. The zero-order valence-corrected chi connectivity index (χ0v) is 12.2. The predicted octanol–water partition coefficient (Wildman–Crippen LogP) is 1.59. The van der Waals surface area contributed by atoms with Gasteiger partial charge in [-0.25, -0.2) is 4.98 Å². The second-order valence-electron chi connectivity index (χ2n) is 5.01. The molecule has 2 rings (SSSR count). The summed E-state index contributed by atoms with van der Waals surface area (Å²) in [6, 6.07) is 4.21. The van der Waals surface area contributed by atoms with Crippen molar-refractivity contribution in [2.45, 2.75) is 25.9 Å². The predicted molar refractivity (Wildman–Crippen MR) is 79.8 cm³/mol. The van der Waals surface area contributed by atoms with Crippen molar-refractivity contribution in [3.8, 4) is 0 Å². The van der Waals surface area contributed by atoms with E-state index in [1.54, 1.807) is 7.11 Å². The third-order valence-electron chi connectivity index (χ3n) is 3.17. The Morgan fingerprint density at radius 1 is 1.35 bits per heavy atom. The Hall–Kier alpha value is -1.43. The lowest BCUT2D eigenvalue weighted by molar-refractivity contribution is 0.0669. The van der Waals surface area contributed by atoms with Crippen LogP contribution in [0.3, 0.4) is 0 Å². The van der Waals surface area contributed by atoms with Gasteiger partial charge in [0.15, 0.2) is 0 Å². The van der Waals surface area contributed by atoms with E-state index >= 15 is 0 Å². The fourth-order valence-corrected chi connectivity index (χ4v) is 2.28. The van der Waals surface area contributed by atoms with Gasteiger partial charge in [-0.2, -0.15) is 0 Å². The molecule has 0 fully saturated rings. The number of aromatic nitrogens is 2. The quantitative estimate of drug-likeness (QED) is 0.744. The topological polar surface area (TPSA) is 62.3 Å². The molecule has 2 aromatic rings. The first-order valence-corrected chi connectivity index (χ1v) is 6.97. The number of rotatable bonds is 8. The van der Waals surface area contributed by atoms with E-state index in [0.29, 0.717) is 19.8 Å². The van der Waals surface area contributed by atoms with Crippen LogP contribution in [0.5, 0.6) is 0 Å². The Morgan fingerprint density at radius 2 is 2.20 bits per heavy atom. The molecule has 0 amide bonds. The zero-order chi connectivity index (χ0) is 14.4. The average Bonchev–Trinajstić information content (AvgIpc) is 2.77. The van der Waals surface area contributed by atoms with E-state index < -0.39 is 0 Å². The molecule has 0 aromatic carbocycles. The number of nitrogens with two attached hydrogens (primary N) is 1. The highest BCUT2D eigenvalue weighted by molar-refractivity contribution is 5.80. The van der Waals surface area contributed by atoms with E-state index in [0.717, 1.165) is 18.6 Å². The molecule has 5 nitrogen and oxygen atoms in total. The van der Waals surface area contributed by atoms with Crippen LogP contribution in [0.25, 0.3) is 11.0 Å². The monoisotopic (exact) mass is 277 g/mol. The van der Waals surface area contributed by atoms with E-state index in [-0.39, 0.29) is 6.04 Å². The van der Waals surface area contributed by atoms with Crippen molar-refractivity contribution in [2.75, 3.05) is 26.9 Å². The molecule has 5 heteroatoms. The van der Waals surface area contributed by atoms with Gasteiger partial charge in [-0.3, -0.25) is 0 Å². The van der Waals surface area contributed by atoms with Crippen molar-refractivity contribution in [2.24, 2.45) is 5.73 Å². The second kappa shape index (κ2) is 7.38. The van der Waals surface area contributed by atoms with Crippen molar-refractivity contribution in [1.29, 1.82) is 0 Å². The van der Waals surface area contributed by atoms with Gasteiger partial charge in [0.25, 0.3) is 0 Å². The van der Waals surface area contributed by atoms with Crippen LogP contribution < -0.4 is 5.73 Å². The lowest BCUT2D eigenvalue weighted by Gasteiger charge is -2.05. The molecule has 0 aliphatic carbocycles. The summed E-state index contributed by atoms with van der Waals surface area (Å²) in [4.78, 5) is 4.47. The van der Waals surface area contributed by atoms with Gasteiger partial charge in [-0.05, 0) is 31.0 Å². The van der Waals surface area contributed by atoms with Gasteiger partial charge < -0.3 is 19.8 Å². The number of fused-ring (bicyclic) bond motifs is 1. The fourth-order valence-electron chi connectivity index (χ4n) is 2.28. The summed E-state index contributed by atoms with van der Waals surface area (Å²) in [6.07, 6.45) is 4.82. The van der Waals surface area contributed by atoms with Gasteiger partial charge in [0.05, 0.1) is 19.8 Å². The minimum Gasteiger partial charge on any atom is -0.382 e. The lowest BCUT2D eigenvalue weighted by Crippen LogP contribution is -2.17. The van der Waals surface area contributed by atoms with Gasteiger partial charge in [-0.15, -0.1) is 0 Å². The van der Waals surface area contributed by atoms with Crippen LogP contribution in [0.4, 0.5) is 0 Å². The van der Waals surface area contributed by atoms with Gasteiger partial charge >= 0.3 is 0 Å². The SMILES string of the molecule is COCCOCCn1cc(CC(C)N)c2cccnc21. The minimum atomic E-state index is 0.146. The highest BCUT2D eigenvalue weighted by Crippen LogP contribution is 2.20. The number of pyridine rings is 1. The first-order chi connectivity index (χ1) is 9.72. The smallest absolute Gasteiger partial charge is 0.140 e.